The number of benzene rings is 2. The van der Waals surface area contributed by atoms with E-state index in [0.717, 1.165) is 22.3 Å². The quantitative estimate of drug-likeness (QED) is 0.528. The number of ether oxygens (including phenoxy) is 1. The topological polar surface area (TPSA) is 111 Å². The molecule has 0 heterocycles. The van der Waals surface area contributed by atoms with E-state index in [-0.39, 0.29) is 18.9 Å². The summed E-state index contributed by atoms with van der Waals surface area (Å²) >= 11 is 0. The molecule has 0 aliphatic heterocycles. The number of carbonyl (C=O) groups excluding carboxylic acids is 3. The lowest BCUT2D eigenvalue weighted by Crippen LogP contribution is -2.54. The number of primary amides is 1. The lowest BCUT2D eigenvalue weighted by molar-refractivity contribution is -0.128. The SMILES string of the molecule is Cc1ccc(C[C@H](NC(=O)[C@H](CC(C)C)NC(=O)OCc2ccccc2)C(N)=O)cc1C. The van der Waals surface area contributed by atoms with Gasteiger partial charge < -0.3 is 21.1 Å². The molecule has 0 unspecified atom stereocenters. The minimum absolute atomic E-state index is 0.0966. The zero-order chi connectivity index (χ0) is 23.7. The predicted octanol–water partition coefficient (Wildman–Crippen LogP) is 3.16. The maximum atomic E-state index is 12.9. The highest BCUT2D eigenvalue weighted by Crippen LogP contribution is 2.12. The van der Waals surface area contributed by atoms with Crippen LogP contribution in [0.4, 0.5) is 4.79 Å². The fraction of sp³-hybridized carbons (Fsp3) is 0.400. The van der Waals surface area contributed by atoms with E-state index in [9.17, 15) is 14.4 Å². The van der Waals surface area contributed by atoms with Gasteiger partial charge in [-0.05, 0) is 48.4 Å². The van der Waals surface area contributed by atoms with Crippen LogP contribution in [-0.4, -0.2) is 30.0 Å². The third-order valence-electron chi connectivity index (χ3n) is 5.20. The van der Waals surface area contributed by atoms with E-state index >= 15 is 0 Å². The Kier molecular flexibility index (Phi) is 9.25. The Labute approximate surface area is 189 Å². The molecule has 3 amide bonds. The van der Waals surface area contributed by atoms with E-state index < -0.39 is 30.0 Å². The Hall–Kier alpha value is -3.35. The second-order valence-corrected chi connectivity index (χ2v) is 8.47. The van der Waals surface area contributed by atoms with E-state index in [1.807, 2.05) is 76.2 Å². The molecule has 0 aliphatic rings. The Morgan fingerprint density at radius 1 is 0.906 bits per heavy atom. The molecule has 2 atom stereocenters. The summed E-state index contributed by atoms with van der Waals surface area (Å²) in [6, 6.07) is 13.4. The van der Waals surface area contributed by atoms with E-state index in [1.54, 1.807) is 0 Å². The molecule has 0 saturated carbocycles. The first kappa shape index (κ1) is 24.9. The fourth-order valence-corrected chi connectivity index (χ4v) is 3.27. The molecule has 2 aromatic rings. The standard InChI is InChI=1S/C25H33N3O4/c1-16(2)12-22(28-25(31)32-15-19-8-6-5-7-9-19)24(30)27-21(23(26)29)14-20-11-10-17(3)18(4)13-20/h5-11,13,16,21-22H,12,14-15H2,1-4H3,(H2,26,29)(H,27,30)(H,28,31)/t21-,22-/m0/s1. The van der Waals surface area contributed by atoms with Gasteiger partial charge in [-0.25, -0.2) is 4.79 Å². The molecule has 0 bridgehead atoms. The molecule has 172 valence electrons. The van der Waals surface area contributed by atoms with Crippen LogP contribution < -0.4 is 16.4 Å². The van der Waals surface area contributed by atoms with Crippen molar-refractivity contribution in [2.45, 2.75) is 59.2 Å². The first-order chi connectivity index (χ1) is 15.2. The van der Waals surface area contributed by atoms with Crippen molar-refractivity contribution >= 4 is 17.9 Å². The third-order valence-corrected chi connectivity index (χ3v) is 5.20. The molecule has 2 rings (SSSR count). The van der Waals surface area contributed by atoms with Crippen molar-refractivity contribution in [2.24, 2.45) is 11.7 Å². The maximum absolute atomic E-state index is 12.9. The molecule has 0 saturated heterocycles. The minimum Gasteiger partial charge on any atom is -0.445 e. The van der Waals surface area contributed by atoms with Crippen LogP contribution in [0.3, 0.4) is 0 Å². The highest BCUT2D eigenvalue weighted by Gasteiger charge is 2.27. The summed E-state index contributed by atoms with van der Waals surface area (Å²) in [5, 5.41) is 5.32. The van der Waals surface area contributed by atoms with Gasteiger partial charge >= 0.3 is 6.09 Å². The summed E-state index contributed by atoms with van der Waals surface area (Å²) in [5.41, 5.74) is 9.53. The normalized spacial score (nSPS) is 12.7. The highest BCUT2D eigenvalue weighted by atomic mass is 16.5. The van der Waals surface area contributed by atoms with Crippen molar-refractivity contribution in [1.82, 2.24) is 10.6 Å². The molecule has 32 heavy (non-hydrogen) atoms. The monoisotopic (exact) mass is 439 g/mol. The third kappa shape index (κ3) is 8.06. The Morgan fingerprint density at radius 3 is 2.19 bits per heavy atom. The van der Waals surface area contributed by atoms with Crippen molar-refractivity contribution in [1.29, 1.82) is 0 Å². The number of nitrogens with one attached hydrogen (secondary N) is 2. The van der Waals surface area contributed by atoms with Crippen molar-refractivity contribution in [2.75, 3.05) is 0 Å². The highest BCUT2D eigenvalue weighted by molar-refractivity contribution is 5.90. The lowest BCUT2D eigenvalue weighted by Gasteiger charge is -2.23. The summed E-state index contributed by atoms with van der Waals surface area (Å²) in [6.45, 7) is 7.97. The van der Waals surface area contributed by atoms with Crippen molar-refractivity contribution in [3.8, 4) is 0 Å². The number of nitrogens with two attached hydrogens (primary N) is 1. The van der Waals surface area contributed by atoms with Gasteiger partial charge in [-0.2, -0.15) is 0 Å². The molecule has 7 nitrogen and oxygen atoms in total. The number of hydrogen-bond acceptors (Lipinski definition) is 4. The van der Waals surface area contributed by atoms with Gasteiger partial charge in [0.05, 0.1) is 0 Å². The van der Waals surface area contributed by atoms with E-state index in [2.05, 4.69) is 10.6 Å². The molecule has 0 radical (unpaired) electrons. The number of rotatable bonds is 10. The Balaban J connectivity index is 2.02. The Morgan fingerprint density at radius 2 is 1.59 bits per heavy atom. The average Bonchev–Trinajstić information content (AvgIpc) is 2.74. The van der Waals surface area contributed by atoms with Gasteiger partial charge in [0.2, 0.25) is 11.8 Å². The van der Waals surface area contributed by atoms with Gasteiger partial charge in [0.15, 0.2) is 0 Å². The Bertz CT molecular complexity index is 928. The molecular formula is C25H33N3O4. The van der Waals surface area contributed by atoms with Gasteiger partial charge in [-0.15, -0.1) is 0 Å². The molecule has 0 spiro atoms. The molecule has 7 heteroatoms. The molecule has 0 aliphatic carbocycles. The lowest BCUT2D eigenvalue weighted by atomic mass is 9.99. The van der Waals surface area contributed by atoms with Crippen LogP contribution in [0.5, 0.6) is 0 Å². The molecule has 4 N–H and O–H groups in total. The zero-order valence-electron chi connectivity index (χ0n) is 19.2. The van der Waals surface area contributed by atoms with Gasteiger partial charge in [0.25, 0.3) is 0 Å². The van der Waals surface area contributed by atoms with Crippen LogP contribution in [-0.2, 0) is 27.4 Å². The van der Waals surface area contributed by atoms with E-state index in [0.29, 0.717) is 6.42 Å². The molecule has 0 fully saturated rings. The second-order valence-electron chi connectivity index (χ2n) is 8.47. The first-order valence-electron chi connectivity index (χ1n) is 10.8. The van der Waals surface area contributed by atoms with Gasteiger partial charge in [-0.1, -0.05) is 62.4 Å². The van der Waals surface area contributed by atoms with Gasteiger partial charge in [0.1, 0.15) is 18.7 Å². The number of amides is 3. The first-order valence-corrected chi connectivity index (χ1v) is 10.8. The summed E-state index contributed by atoms with van der Waals surface area (Å²) in [6.07, 6.45) is -0.0318. The van der Waals surface area contributed by atoms with Crippen molar-refractivity contribution < 1.29 is 19.1 Å². The summed E-state index contributed by atoms with van der Waals surface area (Å²) in [5.74, 6) is -0.971. The van der Waals surface area contributed by atoms with Gasteiger partial charge in [-0.3, -0.25) is 9.59 Å². The maximum Gasteiger partial charge on any atom is 0.408 e. The smallest absolute Gasteiger partial charge is 0.408 e. The van der Waals surface area contributed by atoms with E-state index in [4.69, 9.17) is 10.5 Å². The van der Waals surface area contributed by atoms with Gasteiger partial charge in [0, 0.05) is 6.42 Å². The van der Waals surface area contributed by atoms with Crippen LogP contribution in [0, 0.1) is 19.8 Å². The van der Waals surface area contributed by atoms with Crippen LogP contribution in [0.1, 0.15) is 42.5 Å². The molecule has 2 aromatic carbocycles. The number of alkyl carbamates (subject to hydrolysis) is 1. The van der Waals surface area contributed by atoms with Crippen molar-refractivity contribution in [3.63, 3.8) is 0 Å². The summed E-state index contributed by atoms with van der Waals surface area (Å²) in [4.78, 5) is 37.2. The second kappa shape index (κ2) is 11.9. The fourth-order valence-electron chi connectivity index (χ4n) is 3.27. The van der Waals surface area contributed by atoms with Crippen LogP contribution in [0.15, 0.2) is 48.5 Å². The summed E-state index contributed by atoms with van der Waals surface area (Å²) < 4.78 is 5.24. The number of hydrogen-bond donors (Lipinski definition) is 3. The van der Waals surface area contributed by atoms with E-state index in [1.165, 1.54) is 0 Å². The number of aryl methyl sites for hydroxylation is 2. The molecule has 0 aromatic heterocycles. The summed E-state index contributed by atoms with van der Waals surface area (Å²) in [7, 11) is 0. The van der Waals surface area contributed by atoms with Crippen LogP contribution in [0.25, 0.3) is 0 Å². The number of carbonyl (C=O) groups is 3. The minimum atomic E-state index is -0.888. The van der Waals surface area contributed by atoms with Crippen LogP contribution in [0.2, 0.25) is 0 Å². The average molecular weight is 440 g/mol. The predicted molar refractivity (Wildman–Crippen MR) is 124 cm³/mol. The molecular weight excluding hydrogens is 406 g/mol. The van der Waals surface area contributed by atoms with Crippen LogP contribution >= 0.6 is 0 Å². The largest absolute Gasteiger partial charge is 0.445 e. The van der Waals surface area contributed by atoms with Crippen molar-refractivity contribution in [3.05, 3.63) is 70.8 Å². The zero-order valence-corrected chi connectivity index (χ0v) is 19.2.